The van der Waals surface area contributed by atoms with Gasteiger partial charge in [0, 0.05) is 23.5 Å². The van der Waals surface area contributed by atoms with Gasteiger partial charge in [-0.15, -0.1) is 0 Å². The summed E-state index contributed by atoms with van der Waals surface area (Å²) < 4.78 is 7.02. The second-order valence-corrected chi connectivity index (χ2v) is 6.35. The van der Waals surface area contributed by atoms with Crippen LogP contribution >= 0.6 is 15.9 Å². The van der Waals surface area contributed by atoms with Gasteiger partial charge >= 0.3 is 0 Å². The van der Waals surface area contributed by atoms with Gasteiger partial charge in [-0.2, -0.15) is 0 Å². The molecule has 0 aromatic heterocycles. The Morgan fingerprint density at radius 1 is 1.32 bits per heavy atom. The van der Waals surface area contributed by atoms with Gasteiger partial charge in [-0.25, -0.2) is 0 Å². The lowest BCUT2D eigenvalue weighted by atomic mass is 10.00. The molecule has 1 unspecified atom stereocenters. The predicted molar refractivity (Wildman–Crippen MR) is 83.6 cm³/mol. The normalized spacial score (nSPS) is 16.5. The molecule has 2 nitrogen and oxygen atoms in total. The molecule has 0 saturated heterocycles. The Morgan fingerprint density at radius 3 is 2.68 bits per heavy atom. The Hall–Kier alpha value is -0.380. The van der Waals surface area contributed by atoms with E-state index in [9.17, 15) is 0 Å². The molecule has 1 aliphatic carbocycles. The minimum absolute atomic E-state index is 0.457. The third kappa shape index (κ3) is 5.64. The fraction of sp³-hybridized carbons (Fsp3) is 0.625. The molecule has 0 amide bonds. The summed E-state index contributed by atoms with van der Waals surface area (Å²) in [6, 6.07) is 8.62. The van der Waals surface area contributed by atoms with Crippen molar-refractivity contribution in [3.8, 4) is 0 Å². The van der Waals surface area contributed by atoms with Crippen molar-refractivity contribution in [2.24, 2.45) is 5.92 Å². The predicted octanol–water partition coefficient (Wildman–Crippen LogP) is 3.96. The maximum atomic E-state index is 5.88. The first-order valence-electron chi connectivity index (χ1n) is 7.33. The van der Waals surface area contributed by atoms with E-state index in [4.69, 9.17) is 4.74 Å². The van der Waals surface area contributed by atoms with Crippen LogP contribution in [0.25, 0.3) is 0 Å². The zero-order valence-corrected chi connectivity index (χ0v) is 13.3. The molecule has 3 heteroatoms. The fourth-order valence-corrected chi connectivity index (χ4v) is 2.39. The van der Waals surface area contributed by atoms with Crippen LogP contribution in [0.2, 0.25) is 0 Å². The van der Waals surface area contributed by atoms with Crippen LogP contribution in [-0.4, -0.2) is 26.3 Å². The van der Waals surface area contributed by atoms with Crippen LogP contribution in [0.1, 0.15) is 37.7 Å². The van der Waals surface area contributed by atoms with Gasteiger partial charge in [-0.3, -0.25) is 0 Å². The molecule has 1 aliphatic rings. The number of nitrogens with one attached hydrogen (secondary N) is 1. The van der Waals surface area contributed by atoms with Crippen molar-refractivity contribution in [2.45, 2.75) is 32.1 Å². The number of halogens is 1. The number of rotatable bonds is 9. The molecule has 1 aromatic carbocycles. The zero-order chi connectivity index (χ0) is 13.5. The summed E-state index contributed by atoms with van der Waals surface area (Å²) in [7, 11) is 0. The number of ether oxygens (including phenoxy) is 1. The first-order valence-corrected chi connectivity index (χ1v) is 8.12. The van der Waals surface area contributed by atoms with Crippen molar-refractivity contribution >= 4 is 15.9 Å². The molecular formula is C16H24BrNO. The SMILES string of the molecule is CCCNCC(COCC1CC1)c1ccc(Br)cc1. The highest BCUT2D eigenvalue weighted by Crippen LogP contribution is 2.29. The van der Waals surface area contributed by atoms with Crippen molar-refractivity contribution in [2.75, 3.05) is 26.3 Å². The molecule has 0 aliphatic heterocycles. The van der Waals surface area contributed by atoms with Crippen molar-refractivity contribution in [3.05, 3.63) is 34.3 Å². The van der Waals surface area contributed by atoms with Crippen LogP contribution < -0.4 is 5.32 Å². The number of benzene rings is 1. The van der Waals surface area contributed by atoms with Crippen LogP contribution in [0.4, 0.5) is 0 Å². The maximum Gasteiger partial charge on any atom is 0.0547 e. The van der Waals surface area contributed by atoms with Crippen molar-refractivity contribution in [1.82, 2.24) is 5.32 Å². The first-order chi connectivity index (χ1) is 9.29. The van der Waals surface area contributed by atoms with Gasteiger partial charge in [0.2, 0.25) is 0 Å². The summed E-state index contributed by atoms with van der Waals surface area (Å²) in [5, 5.41) is 3.51. The molecule has 106 valence electrons. The topological polar surface area (TPSA) is 21.3 Å². The Kier molecular flexibility index (Phi) is 6.35. The molecule has 1 atom stereocenters. The first kappa shape index (κ1) is 15.0. The molecule has 0 radical (unpaired) electrons. The Bertz CT molecular complexity index is 362. The van der Waals surface area contributed by atoms with E-state index in [1.165, 1.54) is 24.8 Å². The molecule has 19 heavy (non-hydrogen) atoms. The van der Waals surface area contributed by atoms with E-state index in [1.807, 2.05) is 0 Å². The van der Waals surface area contributed by atoms with Gasteiger partial charge in [0.15, 0.2) is 0 Å². The highest BCUT2D eigenvalue weighted by Gasteiger charge is 2.22. The molecule has 1 N–H and O–H groups in total. The minimum atomic E-state index is 0.457. The number of hydrogen-bond donors (Lipinski definition) is 1. The Balaban J connectivity index is 1.85. The smallest absolute Gasteiger partial charge is 0.0547 e. The average molecular weight is 326 g/mol. The molecule has 1 fully saturated rings. The molecule has 0 spiro atoms. The lowest BCUT2D eigenvalue weighted by Crippen LogP contribution is -2.25. The molecule has 0 bridgehead atoms. The number of hydrogen-bond acceptors (Lipinski definition) is 2. The van der Waals surface area contributed by atoms with Crippen molar-refractivity contribution in [1.29, 1.82) is 0 Å². The largest absolute Gasteiger partial charge is 0.380 e. The van der Waals surface area contributed by atoms with Gasteiger partial charge in [0.05, 0.1) is 6.61 Å². The van der Waals surface area contributed by atoms with Gasteiger partial charge in [0.25, 0.3) is 0 Å². The highest BCUT2D eigenvalue weighted by molar-refractivity contribution is 9.10. The van der Waals surface area contributed by atoms with E-state index in [-0.39, 0.29) is 0 Å². The third-order valence-corrected chi connectivity index (χ3v) is 4.06. The third-order valence-electron chi connectivity index (χ3n) is 3.53. The van der Waals surface area contributed by atoms with Gasteiger partial charge in [0.1, 0.15) is 0 Å². The average Bonchev–Trinajstić information content (AvgIpc) is 3.22. The second-order valence-electron chi connectivity index (χ2n) is 5.43. The minimum Gasteiger partial charge on any atom is -0.380 e. The van der Waals surface area contributed by atoms with Crippen LogP contribution in [-0.2, 0) is 4.74 Å². The van der Waals surface area contributed by atoms with Crippen LogP contribution in [0.15, 0.2) is 28.7 Å². The monoisotopic (exact) mass is 325 g/mol. The maximum absolute atomic E-state index is 5.88. The summed E-state index contributed by atoms with van der Waals surface area (Å²) in [4.78, 5) is 0. The van der Waals surface area contributed by atoms with E-state index in [0.717, 1.165) is 36.7 Å². The van der Waals surface area contributed by atoms with Gasteiger partial charge in [-0.1, -0.05) is 35.0 Å². The van der Waals surface area contributed by atoms with E-state index >= 15 is 0 Å². The molecule has 2 rings (SSSR count). The second kappa shape index (κ2) is 8.03. The quantitative estimate of drug-likeness (QED) is 0.694. The molecule has 1 aromatic rings. The summed E-state index contributed by atoms with van der Waals surface area (Å²) in [5.74, 6) is 1.30. The van der Waals surface area contributed by atoms with Crippen LogP contribution in [0.5, 0.6) is 0 Å². The van der Waals surface area contributed by atoms with Gasteiger partial charge in [-0.05, 0) is 49.4 Å². The Labute approximate surface area is 125 Å². The van der Waals surface area contributed by atoms with Crippen molar-refractivity contribution in [3.63, 3.8) is 0 Å². The summed E-state index contributed by atoms with van der Waals surface area (Å²) in [6.45, 7) is 6.05. The molecule has 1 saturated carbocycles. The Morgan fingerprint density at radius 2 is 2.05 bits per heavy atom. The van der Waals surface area contributed by atoms with Gasteiger partial charge < -0.3 is 10.1 Å². The lowest BCUT2D eigenvalue weighted by Gasteiger charge is -2.18. The van der Waals surface area contributed by atoms with E-state index in [0.29, 0.717) is 5.92 Å². The van der Waals surface area contributed by atoms with Crippen LogP contribution in [0, 0.1) is 5.92 Å². The molecule has 0 heterocycles. The van der Waals surface area contributed by atoms with Crippen LogP contribution in [0.3, 0.4) is 0 Å². The fourth-order valence-electron chi connectivity index (χ4n) is 2.12. The summed E-state index contributed by atoms with van der Waals surface area (Å²) in [5.41, 5.74) is 1.36. The molecular weight excluding hydrogens is 302 g/mol. The standard InChI is InChI=1S/C16H24BrNO/c1-2-9-18-10-15(12-19-11-13-3-4-13)14-5-7-16(17)8-6-14/h5-8,13,15,18H,2-4,9-12H2,1H3. The van der Waals surface area contributed by atoms with E-state index in [1.54, 1.807) is 0 Å². The van der Waals surface area contributed by atoms with E-state index < -0.39 is 0 Å². The summed E-state index contributed by atoms with van der Waals surface area (Å²) in [6.07, 6.45) is 3.89. The highest BCUT2D eigenvalue weighted by atomic mass is 79.9. The summed E-state index contributed by atoms with van der Waals surface area (Å²) >= 11 is 3.49. The zero-order valence-electron chi connectivity index (χ0n) is 11.7. The van der Waals surface area contributed by atoms with Crippen molar-refractivity contribution < 1.29 is 4.74 Å². The van der Waals surface area contributed by atoms with E-state index in [2.05, 4.69) is 52.4 Å². The lowest BCUT2D eigenvalue weighted by molar-refractivity contribution is 0.110.